The van der Waals surface area contributed by atoms with Crippen LogP contribution in [-0.4, -0.2) is 25.7 Å². The fraction of sp³-hybridized carbons (Fsp3) is 0.471. The highest BCUT2D eigenvalue weighted by Crippen LogP contribution is 2.27. The molecule has 6 heteroatoms. The molecule has 0 aliphatic carbocycles. The van der Waals surface area contributed by atoms with Crippen molar-refractivity contribution in [3.05, 3.63) is 41.5 Å². The Morgan fingerprint density at radius 3 is 2.52 bits per heavy atom. The van der Waals surface area contributed by atoms with Gasteiger partial charge in [-0.3, -0.25) is 4.98 Å². The van der Waals surface area contributed by atoms with Gasteiger partial charge in [0, 0.05) is 18.8 Å². The molecule has 0 spiro atoms. The molecule has 2 atom stereocenters. The van der Waals surface area contributed by atoms with Crippen LogP contribution in [0.3, 0.4) is 0 Å². The van der Waals surface area contributed by atoms with Gasteiger partial charge in [0.05, 0.1) is 26.1 Å². The molecular weight excluding hydrogens is 328 g/mol. The van der Waals surface area contributed by atoms with Gasteiger partial charge in [-0.1, -0.05) is 24.3 Å². The van der Waals surface area contributed by atoms with Gasteiger partial charge in [-0.15, -0.1) is 11.3 Å². The second kappa shape index (κ2) is 8.15. The molecule has 0 amide bonds. The molecule has 0 saturated heterocycles. The Bertz CT molecular complexity index is 619. The molecule has 0 saturated carbocycles. The summed E-state index contributed by atoms with van der Waals surface area (Å²) in [5, 5.41) is 9.12. The molecule has 4 nitrogen and oxygen atoms in total. The van der Waals surface area contributed by atoms with Crippen LogP contribution in [0.5, 0.6) is 0 Å². The molecule has 1 aromatic heterocycles. The first-order valence-corrected chi connectivity index (χ1v) is 9.72. The van der Waals surface area contributed by atoms with E-state index in [4.69, 9.17) is 5.11 Å². The second-order valence-corrected chi connectivity index (χ2v) is 9.29. The summed E-state index contributed by atoms with van der Waals surface area (Å²) < 4.78 is 15.3. The fourth-order valence-corrected chi connectivity index (χ4v) is 3.63. The number of benzene rings is 1. The summed E-state index contributed by atoms with van der Waals surface area (Å²) in [6.07, 6.45) is 3.28. The molecule has 0 radical (unpaired) electrons. The summed E-state index contributed by atoms with van der Waals surface area (Å²) in [6, 6.07) is 8.22. The number of hydrogen-bond donors (Lipinski definition) is 2. The smallest absolute Gasteiger partial charge is 0.0975 e. The van der Waals surface area contributed by atoms with Gasteiger partial charge in [-0.25, -0.2) is 8.93 Å². The minimum Gasteiger partial charge on any atom is -0.396 e. The van der Waals surface area contributed by atoms with Crippen LogP contribution < -0.4 is 4.72 Å². The molecule has 1 heterocycles. The van der Waals surface area contributed by atoms with Crippen molar-refractivity contribution in [3.63, 3.8) is 0 Å². The minimum atomic E-state index is -1.15. The highest BCUT2D eigenvalue weighted by molar-refractivity contribution is 7.84. The second-order valence-electron chi connectivity index (χ2n) is 6.41. The van der Waals surface area contributed by atoms with E-state index in [2.05, 4.69) is 34.0 Å². The summed E-state index contributed by atoms with van der Waals surface area (Å²) in [5.74, 6) is 0. The normalized spacial score (nSPS) is 14.6. The highest BCUT2D eigenvalue weighted by atomic mass is 32.2. The molecule has 0 unspecified atom stereocenters. The molecule has 2 N–H and O–H groups in total. The van der Waals surface area contributed by atoms with Crippen LogP contribution in [0.15, 0.2) is 36.0 Å². The van der Waals surface area contributed by atoms with Gasteiger partial charge in [-0.05, 0) is 44.7 Å². The van der Waals surface area contributed by atoms with Crippen molar-refractivity contribution in [1.29, 1.82) is 0 Å². The van der Waals surface area contributed by atoms with Crippen molar-refractivity contribution >= 4 is 22.3 Å². The fourth-order valence-electron chi connectivity index (χ4n) is 2.13. The zero-order valence-electron chi connectivity index (χ0n) is 13.8. The van der Waals surface area contributed by atoms with E-state index in [1.807, 2.05) is 32.5 Å². The van der Waals surface area contributed by atoms with Gasteiger partial charge in [0.25, 0.3) is 0 Å². The third-order valence-electron chi connectivity index (χ3n) is 3.49. The number of aliphatic hydroxyl groups is 1. The molecule has 23 heavy (non-hydrogen) atoms. The summed E-state index contributed by atoms with van der Waals surface area (Å²) in [7, 11) is -1.15. The first kappa shape index (κ1) is 18.3. The number of hydrogen-bond acceptors (Lipinski definition) is 4. The molecule has 0 bridgehead atoms. The minimum absolute atomic E-state index is 0.0299. The Hall–Kier alpha value is -1.08. The van der Waals surface area contributed by atoms with Gasteiger partial charge in [0.2, 0.25) is 0 Å². The number of thiazole rings is 1. The summed E-state index contributed by atoms with van der Waals surface area (Å²) >= 11 is 1.61. The topological polar surface area (TPSA) is 62.2 Å². The number of nitrogens with one attached hydrogen (secondary N) is 1. The van der Waals surface area contributed by atoms with Crippen molar-refractivity contribution < 1.29 is 9.32 Å². The third kappa shape index (κ3) is 5.21. The molecule has 0 aliphatic rings. The lowest BCUT2D eigenvalue weighted by molar-refractivity contribution is 0.278. The molecule has 0 fully saturated rings. The lowest BCUT2D eigenvalue weighted by Gasteiger charge is -2.24. The predicted octanol–water partition coefficient (Wildman–Crippen LogP) is 3.68. The molecule has 2 rings (SSSR count). The Morgan fingerprint density at radius 2 is 2.00 bits per heavy atom. The van der Waals surface area contributed by atoms with Crippen LogP contribution in [-0.2, 0) is 11.0 Å². The van der Waals surface area contributed by atoms with Gasteiger partial charge in [-0.2, -0.15) is 0 Å². The predicted molar refractivity (Wildman–Crippen MR) is 97.6 cm³/mol. The van der Waals surface area contributed by atoms with Crippen molar-refractivity contribution in [2.45, 2.75) is 44.4 Å². The van der Waals surface area contributed by atoms with Crippen molar-refractivity contribution in [1.82, 2.24) is 9.71 Å². The Balaban J connectivity index is 2.16. The zero-order valence-corrected chi connectivity index (χ0v) is 15.4. The average molecular weight is 353 g/mol. The molecular formula is C17H24N2O2S2. The van der Waals surface area contributed by atoms with E-state index in [0.29, 0.717) is 6.42 Å². The monoisotopic (exact) mass is 352 g/mol. The van der Waals surface area contributed by atoms with Crippen LogP contribution >= 0.6 is 11.3 Å². The molecule has 1 aromatic carbocycles. The van der Waals surface area contributed by atoms with Gasteiger partial charge >= 0.3 is 0 Å². The quantitative estimate of drug-likeness (QED) is 0.799. The van der Waals surface area contributed by atoms with E-state index in [1.165, 1.54) is 0 Å². The van der Waals surface area contributed by atoms with Crippen LogP contribution in [0.25, 0.3) is 10.4 Å². The van der Waals surface area contributed by atoms with Gasteiger partial charge < -0.3 is 5.11 Å². The van der Waals surface area contributed by atoms with E-state index < -0.39 is 11.0 Å². The first-order valence-electron chi connectivity index (χ1n) is 7.69. The van der Waals surface area contributed by atoms with Gasteiger partial charge in [0.15, 0.2) is 0 Å². The van der Waals surface area contributed by atoms with Crippen LogP contribution in [0.4, 0.5) is 0 Å². The van der Waals surface area contributed by atoms with Crippen LogP contribution in [0.1, 0.15) is 45.2 Å². The summed E-state index contributed by atoms with van der Waals surface area (Å²) in [4.78, 5) is 5.24. The van der Waals surface area contributed by atoms with E-state index in [1.54, 1.807) is 11.3 Å². The Morgan fingerprint density at radius 1 is 1.30 bits per heavy atom. The van der Waals surface area contributed by atoms with E-state index >= 15 is 0 Å². The first-order chi connectivity index (χ1) is 10.9. The molecule has 0 aliphatic heterocycles. The number of nitrogens with zero attached hydrogens (tertiary/aromatic N) is 1. The third-order valence-corrected chi connectivity index (χ3v) is 5.92. The SMILES string of the molecule is CC(C)(C)[S@@](=O)N[C@@H](CCCO)c1ccc(-c2cncs2)cc1. The average Bonchev–Trinajstić information content (AvgIpc) is 3.05. The largest absolute Gasteiger partial charge is 0.396 e. The summed E-state index contributed by atoms with van der Waals surface area (Å²) in [5.41, 5.74) is 4.04. The molecule has 2 aromatic rings. The highest BCUT2D eigenvalue weighted by Gasteiger charge is 2.23. The number of rotatable bonds is 7. The number of aliphatic hydroxyl groups excluding tert-OH is 1. The van der Waals surface area contributed by atoms with Crippen LogP contribution in [0.2, 0.25) is 0 Å². The van der Waals surface area contributed by atoms with E-state index in [9.17, 15) is 4.21 Å². The van der Waals surface area contributed by atoms with Crippen molar-refractivity contribution in [3.8, 4) is 10.4 Å². The standard InChI is InChI=1S/C17H24N2O2S2/c1-17(2,3)23(21)19-15(5-4-10-20)13-6-8-14(9-7-13)16-11-18-12-22-16/h6-9,11-12,15,19-20H,4-5,10H2,1-3H3/t15-,23+/m0/s1. The van der Waals surface area contributed by atoms with E-state index in [0.717, 1.165) is 22.4 Å². The van der Waals surface area contributed by atoms with E-state index in [-0.39, 0.29) is 17.4 Å². The Kier molecular flexibility index (Phi) is 6.47. The summed E-state index contributed by atoms with van der Waals surface area (Å²) in [6.45, 7) is 5.99. The number of aromatic nitrogens is 1. The zero-order chi connectivity index (χ0) is 16.9. The maximum atomic E-state index is 12.4. The maximum Gasteiger partial charge on any atom is 0.0975 e. The molecule has 126 valence electrons. The Labute approximate surface area is 144 Å². The van der Waals surface area contributed by atoms with Crippen LogP contribution in [0, 0.1) is 0 Å². The lowest BCUT2D eigenvalue weighted by Crippen LogP contribution is -2.35. The lowest BCUT2D eigenvalue weighted by atomic mass is 10.0. The maximum absolute atomic E-state index is 12.4. The van der Waals surface area contributed by atoms with Gasteiger partial charge in [0.1, 0.15) is 0 Å². The van der Waals surface area contributed by atoms with Crippen molar-refractivity contribution in [2.24, 2.45) is 0 Å². The van der Waals surface area contributed by atoms with Crippen molar-refractivity contribution in [2.75, 3.05) is 6.61 Å².